The number of hydrogen-bond donors (Lipinski definition) is 0. The van der Waals surface area contributed by atoms with Crippen molar-refractivity contribution < 1.29 is 0 Å². The third-order valence-corrected chi connectivity index (χ3v) is 2.25. The van der Waals surface area contributed by atoms with Gasteiger partial charge in [0.15, 0.2) is 0 Å². The standard InChI is InChI=1S/C4H8Cl2Si/c1-2-3-4-7(5)6/h2-3,7H,4H2,1H3/b3-2+. The van der Waals surface area contributed by atoms with E-state index in [1.165, 1.54) is 0 Å². The summed E-state index contributed by atoms with van der Waals surface area (Å²) >= 11 is 11.0. The number of hydrogen-bond acceptors (Lipinski definition) is 0. The van der Waals surface area contributed by atoms with Crippen molar-refractivity contribution in [3.8, 4) is 0 Å². The molecule has 0 unspecified atom stereocenters. The molecular weight excluding hydrogens is 147 g/mol. The van der Waals surface area contributed by atoms with E-state index in [9.17, 15) is 0 Å². The van der Waals surface area contributed by atoms with E-state index in [4.69, 9.17) is 22.2 Å². The summed E-state index contributed by atoms with van der Waals surface area (Å²) in [5, 5.41) is 0. The maximum atomic E-state index is 5.51. The van der Waals surface area contributed by atoms with Gasteiger partial charge in [0.05, 0.1) is 0 Å². The van der Waals surface area contributed by atoms with E-state index in [2.05, 4.69) is 0 Å². The van der Waals surface area contributed by atoms with E-state index in [0.717, 1.165) is 6.04 Å². The Balaban J connectivity index is 2.97. The highest BCUT2D eigenvalue weighted by molar-refractivity contribution is 7.33. The van der Waals surface area contributed by atoms with Crippen molar-refractivity contribution >= 4 is 29.6 Å². The van der Waals surface area contributed by atoms with E-state index >= 15 is 0 Å². The first-order valence-electron chi connectivity index (χ1n) is 2.16. The molecule has 0 nitrogen and oxygen atoms in total. The van der Waals surface area contributed by atoms with Crippen LogP contribution < -0.4 is 0 Å². The van der Waals surface area contributed by atoms with Crippen LogP contribution in [0.3, 0.4) is 0 Å². The molecule has 0 aliphatic heterocycles. The smallest absolute Gasteiger partial charge is 0.150 e. The highest BCUT2D eigenvalue weighted by atomic mass is 35.7. The SMILES string of the molecule is C/C=C/C[SiH](Cl)Cl. The molecule has 0 N–H and O–H groups in total. The highest BCUT2D eigenvalue weighted by Crippen LogP contribution is 2.02. The fraction of sp³-hybridized carbons (Fsp3) is 0.500. The molecule has 0 aromatic heterocycles. The Morgan fingerprint density at radius 3 is 2.29 bits per heavy atom. The average Bonchev–Trinajstić information content (AvgIpc) is 1.61. The van der Waals surface area contributed by atoms with Crippen LogP contribution in [0.25, 0.3) is 0 Å². The van der Waals surface area contributed by atoms with Gasteiger partial charge in [-0.1, -0.05) is 12.2 Å². The zero-order valence-corrected chi connectivity index (χ0v) is 6.86. The third kappa shape index (κ3) is 6.54. The summed E-state index contributed by atoms with van der Waals surface area (Å²) in [7, 11) is -1.33. The maximum Gasteiger partial charge on any atom is 0.240 e. The van der Waals surface area contributed by atoms with Gasteiger partial charge < -0.3 is 0 Å². The fourth-order valence-electron chi connectivity index (χ4n) is 0.239. The van der Waals surface area contributed by atoms with Crippen LogP contribution in [-0.4, -0.2) is 7.42 Å². The number of allylic oxidation sites excluding steroid dienone is 2. The number of halogens is 2. The lowest BCUT2D eigenvalue weighted by Gasteiger charge is -1.85. The van der Waals surface area contributed by atoms with Crippen molar-refractivity contribution in [2.75, 3.05) is 0 Å². The number of rotatable bonds is 2. The van der Waals surface area contributed by atoms with Gasteiger partial charge in [-0.3, -0.25) is 0 Å². The lowest BCUT2D eigenvalue weighted by atomic mass is 10.6. The first-order chi connectivity index (χ1) is 3.27. The minimum Gasteiger partial charge on any atom is -0.150 e. The van der Waals surface area contributed by atoms with Crippen LogP contribution >= 0.6 is 22.2 Å². The van der Waals surface area contributed by atoms with Gasteiger partial charge >= 0.3 is 0 Å². The van der Waals surface area contributed by atoms with Crippen molar-refractivity contribution in [2.24, 2.45) is 0 Å². The molecule has 0 aliphatic rings. The molecule has 0 fully saturated rings. The fourth-order valence-corrected chi connectivity index (χ4v) is 1.33. The first-order valence-corrected chi connectivity index (χ1v) is 6.47. The quantitative estimate of drug-likeness (QED) is 0.326. The minimum atomic E-state index is -1.33. The Labute approximate surface area is 55.1 Å². The van der Waals surface area contributed by atoms with Gasteiger partial charge in [0.25, 0.3) is 0 Å². The molecule has 0 saturated heterocycles. The van der Waals surface area contributed by atoms with E-state index < -0.39 is 7.42 Å². The lowest BCUT2D eigenvalue weighted by molar-refractivity contribution is 1.62. The van der Waals surface area contributed by atoms with Crippen molar-refractivity contribution in [1.82, 2.24) is 0 Å². The molecule has 7 heavy (non-hydrogen) atoms. The Morgan fingerprint density at radius 1 is 1.57 bits per heavy atom. The van der Waals surface area contributed by atoms with Crippen LogP contribution in [-0.2, 0) is 0 Å². The largest absolute Gasteiger partial charge is 0.240 e. The lowest BCUT2D eigenvalue weighted by Crippen LogP contribution is -1.85. The van der Waals surface area contributed by atoms with Gasteiger partial charge in [-0.2, -0.15) is 22.2 Å². The second-order valence-electron chi connectivity index (χ2n) is 1.20. The van der Waals surface area contributed by atoms with Crippen LogP contribution in [0.1, 0.15) is 6.92 Å². The molecule has 0 aliphatic carbocycles. The van der Waals surface area contributed by atoms with Crippen molar-refractivity contribution in [3.63, 3.8) is 0 Å². The average molecular weight is 155 g/mol. The molecule has 0 heterocycles. The summed E-state index contributed by atoms with van der Waals surface area (Å²) in [5.41, 5.74) is 0. The molecule has 0 atom stereocenters. The molecular formula is C4H8Cl2Si. The molecule has 42 valence electrons. The van der Waals surface area contributed by atoms with Crippen molar-refractivity contribution in [3.05, 3.63) is 12.2 Å². The second-order valence-corrected chi connectivity index (χ2v) is 6.28. The third-order valence-electron chi connectivity index (χ3n) is 0.550. The summed E-state index contributed by atoms with van der Waals surface area (Å²) in [4.78, 5) is 0. The van der Waals surface area contributed by atoms with Gasteiger partial charge in [-0.15, -0.1) is 0 Å². The summed E-state index contributed by atoms with van der Waals surface area (Å²) in [6, 6.07) is 0.889. The van der Waals surface area contributed by atoms with Crippen molar-refractivity contribution in [1.29, 1.82) is 0 Å². The minimum absolute atomic E-state index is 0.889. The van der Waals surface area contributed by atoms with E-state index in [-0.39, 0.29) is 0 Å². The zero-order valence-electron chi connectivity index (χ0n) is 4.20. The first kappa shape index (κ1) is 7.54. The van der Waals surface area contributed by atoms with E-state index in [1.807, 2.05) is 19.1 Å². The zero-order chi connectivity index (χ0) is 5.70. The molecule has 0 saturated carbocycles. The molecule has 0 aromatic carbocycles. The molecule has 0 amide bonds. The summed E-state index contributed by atoms with van der Waals surface area (Å²) in [6.07, 6.45) is 3.96. The van der Waals surface area contributed by atoms with Gasteiger partial charge in [-0.05, 0) is 13.0 Å². The van der Waals surface area contributed by atoms with Crippen molar-refractivity contribution in [2.45, 2.75) is 13.0 Å². The predicted octanol–water partition coefficient (Wildman–Crippen LogP) is 2.26. The molecule has 0 bridgehead atoms. The summed E-state index contributed by atoms with van der Waals surface area (Å²) in [5.74, 6) is 0. The van der Waals surface area contributed by atoms with Gasteiger partial charge in [0.1, 0.15) is 0 Å². The predicted molar refractivity (Wildman–Crippen MR) is 38.5 cm³/mol. The van der Waals surface area contributed by atoms with Gasteiger partial charge in [-0.25, -0.2) is 0 Å². The molecule has 0 aromatic rings. The summed E-state index contributed by atoms with van der Waals surface area (Å²) < 4.78 is 0. The monoisotopic (exact) mass is 154 g/mol. The summed E-state index contributed by atoms with van der Waals surface area (Å²) in [6.45, 7) is 1.96. The van der Waals surface area contributed by atoms with Gasteiger partial charge in [0.2, 0.25) is 7.42 Å². The van der Waals surface area contributed by atoms with E-state index in [0.29, 0.717) is 0 Å². The Bertz CT molecular complexity index is 60.7. The maximum absolute atomic E-state index is 5.51. The Hall–Kier alpha value is 0.537. The second kappa shape index (κ2) is 4.69. The normalized spacial score (nSPS) is 11.4. The van der Waals surface area contributed by atoms with Gasteiger partial charge in [0, 0.05) is 0 Å². The van der Waals surface area contributed by atoms with Crippen LogP contribution in [0.5, 0.6) is 0 Å². The van der Waals surface area contributed by atoms with Crippen LogP contribution in [0, 0.1) is 0 Å². The van der Waals surface area contributed by atoms with Crippen LogP contribution in [0.4, 0.5) is 0 Å². The molecule has 0 spiro atoms. The Kier molecular flexibility index (Phi) is 5.05. The molecule has 0 rings (SSSR count). The van der Waals surface area contributed by atoms with E-state index in [1.54, 1.807) is 0 Å². The Morgan fingerprint density at radius 2 is 2.14 bits per heavy atom. The topological polar surface area (TPSA) is 0 Å². The highest BCUT2D eigenvalue weighted by Gasteiger charge is 1.94. The van der Waals surface area contributed by atoms with Crippen LogP contribution in [0.2, 0.25) is 6.04 Å². The van der Waals surface area contributed by atoms with Crippen LogP contribution in [0.15, 0.2) is 12.2 Å². The molecule has 3 heteroatoms. The molecule has 0 radical (unpaired) electrons.